The van der Waals surface area contributed by atoms with Crippen molar-refractivity contribution in [3.63, 3.8) is 0 Å². The van der Waals surface area contributed by atoms with Crippen LogP contribution in [0.2, 0.25) is 0 Å². The molecule has 0 aliphatic heterocycles. The smallest absolute Gasteiger partial charge is 0.0571 e. The third kappa shape index (κ3) is 1.98. The van der Waals surface area contributed by atoms with Gasteiger partial charge in [0.15, 0.2) is 0 Å². The molecule has 1 heteroatoms. The maximum absolute atomic E-state index is 5.26. The van der Waals surface area contributed by atoms with Crippen LogP contribution < -0.4 is 0 Å². The lowest BCUT2D eigenvalue weighted by Crippen LogP contribution is -2.19. The maximum atomic E-state index is 5.26. The Hall–Kier alpha value is -0.0400. The quantitative estimate of drug-likeness (QED) is 0.574. The molecule has 0 spiro atoms. The van der Waals surface area contributed by atoms with Crippen LogP contribution in [0.5, 0.6) is 0 Å². The molecule has 0 aromatic rings. The van der Waals surface area contributed by atoms with Crippen LogP contribution in [0.15, 0.2) is 0 Å². The molecule has 1 aliphatic carbocycles. The second-order valence-electron chi connectivity index (χ2n) is 3.17. The minimum Gasteiger partial charge on any atom is -0.381 e. The zero-order valence-corrected chi connectivity index (χ0v) is 6.81. The molecule has 1 aliphatic rings. The average Bonchev–Trinajstić information content (AvgIpc) is 2.05. The van der Waals surface area contributed by atoms with Crippen molar-refractivity contribution in [3.8, 4) is 0 Å². The van der Waals surface area contributed by atoms with Crippen LogP contribution in [-0.4, -0.2) is 13.2 Å². The molecule has 0 aromatic heterocycles. The van der Waals surface area contributed by atoms with Gasteiger partial charge in [0.2, 0.25) is 0 Å². The van der Waals surface area contributed by atoms with E-state index in [1.165, 1.54) is 25.7 Å². The van der Waals surface area contributed by atoms with Gasteiger partial charge in [0.05, 0.1) is 6.10 Å². The van der Waals surface area contributed by atoms with E-state index >= 15 is 0 Å². The summed E-state index contributed by atoms with van der Waals surface area (Å²) < 4.78 is 5.26. The number of ether oxygens (including phenoxy) is 1. The summed E-state index contributed by atoms with van der Waals surface area (Å²) in [6.07, 6.45) is 6.79. The molecule has 10 heavy (non-hydrogen) atoms. The van der Waals surface area contributed by atoms with Crippen molar-refractivity contribution in [3.05, 3.63) is 6.92 Å². The molecular formula is C9H17O. The van der Waals surface area contributed by atoms with Crippen LogP contribution in [0.4, 0.5) is 0 Å². The molecule has 1 nitrogen and oxygen atoms in total. The van der Waals surface area contributed by atoms with Gasteiger partial charge in [0.25, 0.3) is 0 Å². The van der Waals surface area contributed by atoms with Gasteiger partial charge in [-0.05, 0) is 31.6 Å². The predicted molar refractivity (Wildman–Crippen MR) is 42.7 cm³/mol. The maximum Gasteiger partial charge on any atom is 0.0571 e. The van der Waals surface area contributed by atoms with E-state index in [0.717, 1.165) is 12.3 Å². The zero-order chi connectivity index (χ0) is 7.40. The summed E-state index contributed by atoms with van der Waals surface area (Å²) in [5, 5.41) is 0. The van der Waals surface area contributed by atoms with E-state index < -0.39 is 0 Å². The van der Waals surface area contributed by atoms with Gasteiger partial charge in [-0.3, -0.25) is 0 Å². The molecule has 0 atom stereocenters. The second kappa shape index (κ2) is 3.97. The van der Waals surface area contributed by atoms with Gasteiger partial charge in [-0.2, -0.15) is 0 Å². The molecule has 0 unspecified atom stereocenters. The normalized spacial score (nSPS) is 34.2. The summed E-state index contributed by atoms with van der Waals surface area (Å²) >= 11 is 0. The van der Waals surface area contributed by atoms with Crippen molar-refractivity contribution in [2.75, 3.05) is 7.11 Å². The van der Waals surface area contributed by atoms with E-state index in [4.69, 9.17) is 4.74 Å². The van der Waals surface area contributed by atoms with E-state index in [-0.39, 0.29) is 0 Å². The highest BCUT2D eigenvalue weighted by molar-refractivity contribution is 4.72. The molecule has 1 fully saturated rings. The van der Waals surface area contributed by atoms with Crippen molar-refractivity contribution in [2.45, 2.75) is 38.2 Å². The van der Waals surface area contributed by atoms with E-state index in [1.807, 2.05) is 7.11 Å². The fourth-order valence-corrected chi connectivity index (χ4v) is 1.66. The number of rotatable bonds is 2. The fourth-order valence-electron chi connectivity index (χ4n) is 1.66. The predicted octanol–water partition coefficient (Wildman–Crippen LogP) is 2.42. The summed E-state index contributed by atoms with van der Waals surface area (Å²) in [6, 6.07) is 0. The Bertz CT molecular complexity index is 70.7. The Morgan fingerprint density at radius 2 is 1.90 bits per heavy atom. The Morgan fingerprint density at radius 1 is 1.30 bits per heavy atom. The van der Waals surface area contributed by atoms with Crippen LogP contribution in [0, 0.1) is 12.8 Å². The molecule has 1 rings (SSSR count). The third-order valence-electron chi connectivity index (χ3n) is 2.54. The highest BCUT2D eigenvalue weighted by Gasteiger charge is 2.18. The van der Waals surface area contributed by atoms with Crippen molar-refractivity contribution in [2.24, 2.45) is 5.92 Å². The highest BCUT2D eigenvalue weighted by Crippen LogP contribution is 2.27. The molecule has 1 saturated carbocycles. The minimum absolute atomic E-state index is 0.544. The van der Waals surface area contributed by atoms with Crippen molar-refractivity contribution >= 4 is 0 Å². The lowest BCUT2D eigenvalue weighted by Gasteiger charge is -2.26. The van der Waals surface area contributed by atoms with Crippen molar-refractivity contribution in [1.29, 1.82) is 0 Å². The van der Waals surface area contributed by atoms with Crippen LogP contribution in [-0.2, 0) is 4.74 Å². The second-order valence-corrected chi connectivity index (χ2v) is 3.17. The van der Waals surface area contributed by atoms with E-state index in [1.54, 1.807) is 0 Å². The van der Waals surface area contributed by atoms with Gasteiger partial charge >= 0.3 is 0 Å². The van der Waals surface area contributed by atoms with Gasteiger partial charge in [0.1, 0.15) is 0 Å². The van der Waals surface area contributed by atoms with Crippen molar-refractivity contribution < 1.29 is 4.74 Å². The van der Waals surface area contributed by atoms with E-state index in [0.29, 0.717) is 6.10 Å². The molecule has 0 saturated heterocycles. The monoisotopic (exact) mass is 141 g/mol. The Balaban J connectivity index is 2.17. The van der Waals surface area contributed by atoms with Gasteiger partial charge in [0, 0.05) is 7.11 Å². The number of hydrogen-bond donors (Lipinski definition) is 0. The third-order valence-corrected chi connectivity index (χ3v) is 2.54. The molecule has 0 heterocycles. The van der Waals surface area contributed by atoms with Crippen LogP contribution in [0.1, 0.15) is 32.1 Å². The first-order valence-electron chi connectivity index (χ1n) is 4.19. The summed E-state index contributed by atoms with van der Waals surface area (Å²) in [4.78, 5) is 0. The summed E-state index contributed by atoms with van der Waals surface area (Å²) in [7, 11) is 1.81. The molecule has 0 N–H and O–H groups in total. The molecular weight excluding hydrogens is 124 g/mol. The SMILES string of the molecule is [CH2]CC1CCC(OC)CC1. The Morgan fingerprint density at radius 3 is 2.30 bits per heavy atom. The molecule has 0 bridgehead atoms. The summed E-state index contributed by atoms with van der Waals surface area (Å²) in [5.74, 6) is 0.881. The minimum atomic E-state index is 0.544. The highest BCUT2D eigenvalue weighted by atomic mass is 16.5. The lowest BCUT2D eigenvalue weighted by molar-refractivity contribution is 0.0571. The standard InChI is InChI=1S/C9H17O/c1-3-8-4-6-9(10-2)7-5-8/h8-9H,1,3-7H2,2H3. The Labute approximate surface area is 63.8 Å². The van der Waals surface area contributed by atoms with E-state index in [2.05, 4.69) is 6.92 Å². The summed E-state index contributed by atoms with van der Waals surface area (Å²) in [5.41, 5.74) is 0. The molecule has 0 amide bonds. The van der Waals surface area contributed by atoms with Gasteiger partial charge in [-0.15, -0.1) is 0 Å². The lowest BCUT2D eigenvalue weighted by atomic mass is 9.86. The number of methoxy groups -OCH3 is 1. The first-order valence-corrected chi connectivity index (χ1v) is 4.19. The van der Waals surface area contributed by atoms with Crippen LogP contribution >= 0.6 is 0 Å². The average molecular weight is 141 g/mol. The molecule has 1 radical (unpaired) electrons. The summed E-state index contributed by atoms with van der Waals surface area (Å²) in [6.45, 7) is 3.92. The zero-order valence-electron chi connectivity index (χ0n) is 6.81. The van der Waals surface area contributed by atoms with Crippen LogP contribution in [0.3, 0.4) is 0 Å². The molecule has 0 aromatic carbocycles. The van der Waals surface area contributed by atoms with Gasteiger partial charge < -0.3 is 4.74 Å². The molecule has 59 valence electrons. The first kappa shape index (κ1) is 8.06. The van der Waals surface area contributed by atoms with Crippen LogP contribution in [0.25, 0.3) is 0 Å². The Kier molecular flexibility index (Phi) is 3.20. The van der Waals surface area contributed by atoms with Gasteiger partial charge in [-0.25, -0.2) is 0 Å². The van der Waals surface area contributed by atoms with Gasteiger partial charge in [-0.1, -0.05) is 13.3 Å². The topological polar surface area (TPSA) is 9.23 Å². The number of hydrogen-bond acceptors (Lipinski definition) is 1. The first-order chi connectivity index (χ1) is 4.86. The van der Waals surface area contributed by atoms with Crippen molar-refractivity contribution in [1.82, 2.24) is 0 Å². The van der Waals surface area contributed by atoms with E-state index in [9.17, 15) is 0 Å². The fraction of sp³-hybridized carbons (Fsp3) is 0.889. The largest absolute Gasteiger partial charge is 0.381 e.